The van der Waals surface area contributed by atoms with Crippen LogP contribution in [0.5, 0.6) is 0 Å². The second kappa shape index (κ2) is 9.65. The molecule has 1 aliphatic heterocycles. The smallest absolute Gasteiger partial charge is 0.223 e. The Bertz CT molecular complexity index is 1060. The van der Waals surface area contributed by atoms with Crippen molar-refractivity contribution in [2.45, 2.75) is 38.0 Å². The molecule has 0 radical (unpaired) electrons. The molecule has 8 heteroatoms. The minimum absolute atomic E-state index is 0.000125. The third-order valence-corrected chi connectivity index (χ3v) is 8.14. The van der Waals surface area contributed by atoms with Crippen molar-refractivity contribution in [2.75, 3.05) is 19.6 Å². The Hall–Kier alpha value is -1.71. The van der Waals surface area contributed by atoms with E-state index >= 15 is 0 Å². The van der Waals surface area contributed by atoms with Gasteiger partial charge in [-0.3, -0.25) is 9.79 Å². The van der Waals surface area contributed by atoms with Gasteiger partial charge in [-0.05, 0) is 82.7 Å². The number of amidine groups is 1. The Balaban J connectivity index is 1.67. The maximum absolute atomic E-state index is 14.7. The zero-order chi connectivity index (χ0) is 22.9. The van der Waals surface area contributed by atoms with Crippen LogP contribution in [0.15, 0.2) is 41.4 Å². The van der Waals surface area contributed by atoms with E-state index in [1.165, 1.54) is 5.56 Å². The van der Waals surface area contributed by atoms with Crippen LogP contribution in [0.4, 0.5) is 4.39 Å². The molecule has 3 N–H and O–H groups in total. The molecule has 32 heavy (non-hydrogen) atoms. The number of carbonyl (C=O) groups excluding carboxylic acids is 1. The molecule has 2 atom stereocenters. The summed E-state index contributed by atoms with van der Waals surface area (Å²) < 4.78 is 15.3. The summed E-state index contributed by atoms with van der Waals surface area (Å²) in [6.07, 6.45) is 2.77. The van der Waals surface area contributed by atoms with Gasteiger partial charge in [-0.15, -0.1) is 0 Å². The Morgan fingerprint density at radius 3 is 2.94 bits per heavy atom. The Morgan fingerprint density at radius 1 is 1.41 bits per heavy atom. The van der Waals surface area contributed by atoms with Gasteiger partial charge < -0.3 is 10.3 Å². The van der Waals surface area contributed by atoms with Crippen LogP contribution in [0.25, 0.3) is 0 Å². The zero-order valence-electron chi connectivity index (χ0n) is 18.0. The number of aryl methyl sites for hydroxylation is 1. The van der Waals surface area contributed by atoms with Crippen molar-refractivity contribution >= 4 is 45.9 Å². The van der Waals surface area contributed by atoms with Gasteiger partial charge in [0.2, 0.25) is 5.91 Å². The maximum Gasteiger partial charge on any atom is 0.223 e. The maximum atomic E-state index is 14.7. The first-order valence-electron chi connectivity index (χ1n) is 10.8. The lowest BCUT2D eigenvalue weighted by molar-refractivity contribution is -0.132. The number of benzene rings is 2. The van der Waals surface area contributed by atoms with Crippen molar-refractivity contribution in [1.29, 1.82) is 0 Å². The van der Waals surface area contributed by atoms with Gasteiger partial charge in [0.15, 0.2) is 0 Å². The Morgan fingerprint density at radius 2 is 2.19 bits per heavy atom. The average molecular weight is 569 g/mol. The average Bonchev–Trinajstić information content (AvgIpc) is 3.14. The van der Waals surface area contributed by atoms with Crippen LogP contribution in [-0.4, -0.2) is 36.3 Å². The molecule has 0 aromatic heterocycles. The van der Waals surface area contributed by atoms with Gasteiger partial charge >= 0.3 is 0 Å². The molecule has 0 saturated heterocycles. The SMILES string of the molecule is CC(CC(=O)N1CCN=C(NN)C1)C1(Cc2ccccc2Cl)CCc2cc(I)c(F)cc21. The van der Waals surface area contributed by atoms with E-state index in [2.05, 4.69) is 17.3 Å². The normalized spacial score (nSPS) is 21.2. The molecule has 2 aromatic carbocycles. The molecular weight excluding hydrogens is 542 g/mol. The van der Waals surface area contributed by atoms with Gasteiger partial charge in [-0.2, -0.15) is 0 Å². The summed E-state index contributed by atoms with van der Waals surface area (Å²) >= 11 is 8.58. The molecule has 2 aromatic rings. The predicted molar refractivity (Wildman–Crippen MR) is 134 cm³/mol. The first-order chi connectivity index (χ1) is 15.3. The highest BCUT2D eigenvalue weighted by Crippen LogP contribution is 2.49. The fourth-order valence-electron chi connectivity index (χ4n) is 5.11. The molecule has 0 saturated carbocycles. The van der Waals surface area contributed by atoms with Crippen LogP contribution >= 0.6 is 34.2 Å². The molecule has 1 aliphatic carbocycles. The minimum atomic E-state index is -0.361. The van der Waals surface area contributed by atoms with Crippen LogP contribution in [0.2, 0.25) is 5.02 Å². The third kappa shape index (κ3) is 4.52. The second-order valence-corrected chi connectivity index (χ2v) is 10.3. The van der Waals surface area contributed by atoms with Crippen LogP contribution in [0.1, 0.15) is 36.5 Å². The van der Waals surface area contributed by atoms with Crippen molar-refractivity contribution in [3.05, 3.63) is 67.5 Å². The number of halogens is 3. The molecular formula is C24H27ClFIN4O. The lowest BCUT2D eigenvalue weighted by Crippen LogP contribution is -2.48. The fourth-order valence-corrected chi connectivity index (χ4v) is 5.84. The molecule has 0 spiro atoms. The van der Waals surface area contributed by atoms with E-state index in [0.29, 0.717) is 46.9 Å². The number of hydrogen-bond acceptors (Lipinski definition) is 4. The van der Waals surface area contributed by atoms with Crippen LogP contribution in [0, 0.1) is 15.3 Å². The first-order valence-corrected chi connectivity index (χ1v) is 12.3. The topological polar surface area (TPSA) is 70.7 Å². The third-order valence-electron chi connectivity index (χ3n) is 6.94. The van der Waals surface area contributed by atoms with E-state index in [1.807, 2.05) is 52.9 Å². The molecule has 2 aliphatic rings. The lowest BCUT2D eigenvalue weighted by atomic mass is 9.66. The van der Waals surface area contributed by atoms with Gasteiger partial charge in [0.1, 0.15) is 11.7 Å². The summed E-state index contributed by atoms with van der Waals surface area (Å²) in [5.74, 6) is 5.97. The van der Waals surface area contributed by atoms with Crippen LogP contribution in [-0.2, 0) is 23.1 Å². The number of nitrogens with one attached hydrogen (secondary N) is 1. The minimum Gasteiger partial charge on any atom is -0.333 e. The number of aliphatic imine (C=N–C) groups is 1. The zero-order valence-corrected chi connectivity index (χ0v) is 20.9. The number of hydrogen-bond donors (Lipinski definition) is 2. The van der Waals surface area contributed by atoms with Crippen molar-refractivity contribution in [3.63, 3.8) is 0 Å². The predicted octanol–water partition coefficient (Wildman–Crippen LogP) is 4.24. The van der Waals surface area contributed by atoms with E-state index in [-0.39, 0.29) is 23.1 Å². The number of fused-ring (bicyclic) bond motifs is 1. The molecule has 5 nitrogen and oxygen atoms in total. The molecule has 0 bridgehead atoms. The monoisotopic (exact) mass is 568 g/mol. The number of carbonyl (C=O) groups is 1. The van der Waals surface area contributed by atoms with Gasteiger partial charge in [0.05, 0.1) is 13.1 Å². The van der Waals surface area contributed by atoms with E-state index < -0.39 is 0 Å². The van der Waals surface area contributed by atoms with Crippen molar-refractivity contribution < 1.29 is 9.18 Å². The summed E-state index contributed by atoms with van der Waals surface area (Å²) in [5.41, 5.74) is 5.42. The molecule has 170 valence electrons. The fraction of sp³-hybridized carbons (Fsp3) is 0.417. The summed E-state index contributed by atoms with van der Waals surface area (Å²) in [4.78, 5) is 19.3. The van der Waals surface area contributed by atoms with Gasteiger partial charge in [0.25, 0.3) is 0 Å². The highest BCUT2D eigenvalue weighted by Gasteiger charge is 2.45. The highest BCUT2D eigenvalue weighted by molar-refractivity contribution is 14.1. The van der Waals surface area contributed by atoms with Crippen LogP contribution in [0.3, 0.4) is 0 Å². The number of nitrogens with zero attached hydrogens (tertiary/aromatic N) is 2. The first kappa shape index (κ1) is 23.4. The van der Waals surface area contributed by atoms with E-state index in [9.17, 15) is 9.18 Å². The molecule has 1 heterocycles. The number of hydrazine groups is 1. The van der Waals surface area contributed by atoms with E-state index in [0.717, 1.165) is 24.0 Å². The number of nitrogens with two attached hydrogens (primary N) is 1. The Labute approximate surface area is 206 Å². The van der Waals surface area contributed by atoms with E-state index in [1.54, 1.807) is 11.0 Å². The number of amides is 1. The van der Waals surface area contributed by atoms with Crippen LogP contribution < -0.4 is 11.3 Å². The summed E-state index contributed by atoms with van der Waals surface area (Å²) in [7, 11) is 0. The second-order valence-electron chi connectivity index (χ2n) is 8.74. The van der Waals surface area contributed by atoms with Crippen molar-refractivity contribution in [2.24, 2.45) is 16.8 Å². The highest BCUT2D eigenvalue weighted by atomic mass is 127. The van der Waals surface area contributed by atoms with Gasteiger partial charge in [-0.25, -0.2) is 10.2 Å². The van der Waals surface area contributed by atoms with Gasteiger partial charge in [0, 0.05) is 27.0 Å². The number of rotatable bonds is 5. The molecule has 0 fully saturated rings. The molecule has 2 unspecified atom stereocenters. The molecule has 4 rings (SSSR count). The van der Waals surface area contributed by atoms with E-state index in [4.69, 9.17) is 17.4 Å². The van der Waals surface area contributed by atoms with Crippen molar-refractivity contribution in [1.82, 2.24) is 10.3 Å². The lowest BCUT2D eigenvalue weighted by Gasteiger charge is -2.38. The standard InChI is InChI=1S/C24H27ClFIN4O/c1-15(10-23(32)31-9-8-29-22(14-31)30-28)24(13-17-4-2-3-5-19(17)25)7-6-16-11-21(27)20(26)12-18(16)24/h2-5,11-12,15H,6-10,13-14,28H2,1H3,(H,29,30). The summed E-state index contributed by atoms with van der Waals surface area (Å²) in [6, 6.07) is 11.4. The van der Waals surface area contributed by atoms with Crippen molar-refractivity contribution in [3.8, 4) is 0 Å². The quantitative estimate of drug-likeness (QED) is 0.322. The summed E-state index contributed by atoms with van der Waals surface area (Å²) in [5, 5.41) is 0.704. The molecule has 1 amide bonds. The summed E-state index contributed by atoms with van der Waals surface area (Å²) in [6.45, 7) is 3.62. The van der Waals surface area contributed by atoms with Gasteiger partial charge in [-0.1, -0.05) is 36.7 Å². The largest absolute Gasteiger partial charge is 0.333 e. The Kier molecular flexibility index (Phi) is 7.07.